The molecule has 5 heteroatoms. The van der Waals surface area contributed by atoms with E-state index in [9.17, 15) is 4.79 Å². The summed E-state index contributed by atoms with van der Waals surface area (Å²) in [6.45, 7) is 0. The molecule has 2 aromatic carbocycles. The second-order valence-electron chi connectivity index (χ2n) is 3.75. The number of ether oxygens (including phenoxy) is 2. The van der Waals surface area contributed by atoms with Crippen LogP contribution in [0.25, 0.3) is 0 Å². The maximum Gasteiger partial charge on any atom is 0.341 e. The molecule has 19 heavy (non-hydrogen) atoms. The fourth-order valence-electron chi connectivity index (χ4n) is 1.58. The van der Waals surface area contributed by atoms with E-state index in [1.165, 1.54) is 7.11 Å². The minimum Gasteiger partial charge on any atom is -0.465 e. The number of para-hydroxylation sites is 2. The molecule has 0 atom stereocenters. The van der Waals surface area contributed by atoms with Crippen molar-refractivity contribution in [1.82, 2.24) is 0 Å². The van der Waals surface area contributed by atoms with Gasteiger partial charge in [0, 0.05) is 0 Å². The summed E-state index contributed by atoms with van der Waals surface area (Å²) in [6.07, 6.45) is 0. The van der Waals surface area contributed by atoms with E-state index in [0.29, 0.717) is 16.5 Å². The average Bonchev–Trinajstić information content (AvgIpc) is 2.42. The Kier molecular flexibility index (Phi) is 3.92. The van der Waals surface area contributed by atoms with E-state index in [-0.39, 0.29) is 11.3 Å². The number of rotatable bonds is 3. The van der Waals surface area contributed by atoms with Gasteiger partial charge in [0.2, 0.25) is 0 Å². The van der Waals surface area contributed by atoms with E-state index in [1.54, 1.807) is 42.5 Å². The van der Waals surface area contributed by atoms with E-state index < -0.39 is 5.97 Å². The van der Waals surface area contributed by atoms with Crippen LogP contribution in [0.5, 0.6) is 11.5 Å². The number of halogens is 1. The lowest BCUT2D eigenvalue weighted by Crippen LogP contribution is -2.05. The number of hydrogen-bond donors (Lipinski definition) is 1. The lowest BCUT2D eigenvalue weighted by molar-refractivity contribution is 0.0598. The number of carbonyl (C=O) groups excluding carboxylic acids is 1. The van der Waals surface area contributed by atoms with Crippen molar-refractivity contribution in [3.05, 3.63) is 53.1 Å². The first-order valence-corrected chi connectivity index (χ1v) is 5.90. The highest BCUT2D eigenvalue weighted by Gasteiger charge is 2.17. The molecule has 0 amide bonds. The van der Waals surface area contributed by atoms with E-state index in [1.807, 2.05) is 0 Å². The van der Waals surface area contributed by atoms with E-state index >= 15 is 0 Å². The zero-order chi connectivity index (χ0) is 13.8. The maximum absolute atomic E-state index is 11.7. The molecule has 0 saturated carbocycles. The van der Waals surface area contributed by atoms with Crippen molar-refractivity contribution >= 4 is 23.3 Å². The zero-order valence-electron chi connectivity index (χ0n) is 10.2. The van der Waals surface area contributed by atoms with Crippen LogP contribution in [0.2, 0.25) is 5.02 Å². The fourth-order valence-corrected chi connectivity index (χ4v) is 1.75. The van der Waals surface area contributed by atoms with Crippen LogP contribution in [0.15, 0.2) is 42.5 Å². The quantitative estimate of drug-likeness (QED) is 0.689. The Morgan fingerprint density at radius 3 is 2.58 bits per heavy atom. The van der Waals surface area contributed by atoms with Crippen LogP contribution < -0.4 is 10.5 Å². The first kappa shape index (κ1) is 13.2. The van der Waals surface area contributed by atoms with Crippen LogP contribution in [0, 0.1) is 0 Å². The van der Waals surface area contributed by atoms with Gasteiger partial charge in [-0.15, -0.1) is 0 Å². The molecule has 0 saturated heterocycles. The molecule has 0 unspecified atom stereocenters. The van der Waals surface area contributed by atoms with Crippen molar-refractivity contribution in [2.45, 2.75) is 0 Å². The third kappa shape index (κ3) is 2.80. The summed E-state index contributed by atoms with van der Waals surface area (Å²) < 4.78 is 10.3. The monoisotopic (exact) mass is 277 g/mol. The summed E-state index contributed by atoms with van der Waals surface area (Å²) in [6, 6.07) is 11.8. The first-order chi connectivity index (χ1) is 9.13. The summed E-state index contributed by atoms with van der Waals surface area (Å²) in [7, 11) is 1.30. The molecule has 0 aromatic heterocycles. The molecule has 0 aliphatic carbocycles. The fraction of sp³-hybridized carbons (Fsp3) is 0.0714. The van der Waals surface area contributed by atoms with Gasteiger partial charge in [-0.2, -0.15) is 0 Å². The van der Waals surface area contributed by atoms with Gasteiger partial charge in [-0.25, -0.2) is 4.79 Å². The standard InChI is InChI=1S/C14H12ClNO3/c1-18-14(17)9-5-4-7-11(16)13(9)19-12-8-3-2-6-10(12)15/h2-8H,16H2,1H3. The van der Waals surface area contributed by atoms with Gasteiger partial charge < -0.3 is 15.2 Å². The van der Waals surface area contributed by atoms with Crippen molar-refractivity contribution in [2.75, 3.05) is 12.8 Å². The largest absolute Gasteiger partial charge is 0.465 e. The molecule has 4 nitrogen and oxygen atoms in total. The van der Waals surface area contributed by atoms with Gasteiger partial charge in [-0.3, -0.25) is 0 Å². The maximum atomic E-state index is 11.7. The second-order valence-corrected chi connectivity index (χ2v) is 4.16. The van der Waals surface area contributed by atoms with Crippen LogP contribution in [-0.4, -0.2) is 13.1 Å². The van der Waals surface area contributed by atoms with E-state index in [2.05, 4.69) is 0 Å². The molecule has 98 valence electrons. The van der Waals surface area contributed by atoms with Gasteiger partial charge in [0.15, 0.2) is 5.75 Å². The third-order valence-corrected chi connectivity index (χ3v) is 2.81. The van der Waals surface area contributed by atoms with Crippen molar-refractivity contribution in [2.24, 2.45) is 0 Å². The van der Waals surface area contributed by atoms with Crippen molar-refractivity contribution < 1.29 is 14.3 Å². The lowest BCUT2D eigenvalue weighted by atomic mass is 10.1. The SMILES string of the molecule is COC(=O)c1cccc(N)c1Oc1ccccc1Cl. The van der Waals surface area contributed by atoms with Crippen LogP contribution >= 0.6 is 11.6 Å². The highest BCUT2D eigenvalue weighted by atomic mass is 35.5. The molecular weight excluding hydrogens is 266 g/mol. The Hall–Kier alpha value is -2.20. The van der Waals surface area contributed by atoms with Crippen LogP contribution in [-0.2, 0) is 4.74 Å². The third-order valence-electron chi connectivity index (χ3n) is 2.50. The summed E-state index contributed by atoms with van der Waals surface area (Å²) in [5.74, 6) is 0.143. The molecule has 2 N–H and O–H groups in total. The predicted molar refractivity (Wildman–Crippen MR) is 73.7 cm³/mol. The molecule has 0 bridgehead atoms. The molecule has 0 aliphatic rings. The first-order valence-electron chi connectivity index (χ1n) is 5.52. The zero-order valence-corrected chi connectivity index (χ0v) is 11.0. The summed E-state index contributed by atoms with van der Waals surface area (Å²) >= 11 is 6.01. The number of nitrogen functional groups attached to an aromatic ring is 1. The summed E-state index contributed by atoms with van der Waals surface area (Å²) in [5.41, 5.74) is 6.42. The lowest BCUT2D eigenvalue weighted by Gasteiger charge is -2.13. The molecule has 0 aliphatic heterocycles. The normalized spacial score (nSPS) is 10.0. The van der Waals surface area contributed by atoms with Gasteiger partial charge in [0.1, 0.15) is 11.3 Å². The van der Waals surface area contributed by atoms with E-state index in [4.69, 9.17) is 26.8 Å². The van der Waals surface area contributed by atoms with Gasteiger partial charge in [0.05, 0.1) is 17.8 Å². The van der Waals surface area contributed by atoms with Crippen LogP contribution in [0.1, 0.15) is 10.4 Å². The van der Waals surface area contributed by atoms with E-state index in [0.717, 1.165) is 0 Å². The number of nitrogens with two attached hydrogens (primary N) is 1. The van der Waals surface area contributed by atoms with Crippen molar-refractivity contribution in [1.29, 1.82) is 0 Å². The van der Waals surface area contributed by atoms with Gasteiger partial charge in [-0.05, 0) is 24.3 Å². The molecule has 2 rings (SSSR count). The van der Waals surface area contributed by atoms with Gasteiger partial charge in [0.25, 0.3) is 0 Å². The summed E-state index contributed by atoms with van der Waals surface area (Å²) in [4.78, 5) is 11.7. The van der Waals surface area contributed by atoms with Crippen molar-refractivity contribution in [3.8, 4) is 11.5 Å². The molecule has 0 radical (unpaired) electrons. The highest BCUT2D eigenvalue weighted by Crippen LogP contribution is 2.35. The number of anilines is 1. The smallest absolute Gasteiger partial charge is 0.341 e. The predicted octanol–water partition coefficient (Wildman–Crippen LogP) is 3.50. The Bertz CT molecular complexity index is 613. The molecule has 0 heterocycles. The number of benzene rings is 2. The minimum atomic E-state index is -0.519. The number of carbonyl (C=O) groups is 1. The molecule has 0 spiro atoms. The Labute approximate surface area is 115 Å². The average molecular weight is 278 g/mol. The van der Waals surface area contributed by atoms with Gasteiger partial charge in [-0.1, -0.05) is 29.8 Å². The van der Waals surface area contributed by atoms with Crippen molar-refractivity contribution in [3.63, 3.8) is 0 Å². The van der Waals surface area contributed by atoms with Gasteiger partial charge >= 0.3 is 5.97 Å². The molecule has 0 fully saturated rings. The second kappa shape index (κ2) is 5.63. The Morgan fingerprint density at radius 1 is 1.16 bits per heavy atom. The van der Waals surface area contributed by atoms with Crippen LogP contribution in [0.4, 0.5) is 5.69 Å². The minimum absolute atomic E-state index is 0.238. The number of methoxy groups -OCH3 is 1. The Morgan fingerprint density at radius 2 is 1.89 bits per heavy atom. The number of hydrogen-bond acceptors (Lipinski definition) is 4. The number of esters is 1. The summed E-state index contributed by atoms with van der Waals surface area (Å²) in [5, 5.41) is 0.432. The highest BCUT2D eigenvalue weighted by molar-refractivity contribution is 6.32. The molecule has 2 aromatic rings. The molecular formula is C14H12ClNO3. The topological polar surface area (TPSA) is 61.5 Å². The van der Waals surface area contributed by atoms with Crippen LogP contribution in [0.3, 0.4) is 0 Å². The Balaban J connectivity index is 2.45.